The van der Waals surface area contributed by atoms with E-state index in [-0.39, 0.29) is 6.61 Å². The Morgan fingerprint density at radius 1 is 1.28 bits per heavy atom. The van der Waals surface area contributed by atoms with E-state index in [1.807, 2.05) is 24.3 Å². The third-order valence-electron chi connectivity index (χ3n) is 2.57. The van der Waals surface area contributed by atoms with Crippen LogP contribution in [0.4, 0.5) is 0 Å². The zero-order valence-corrected chi connectivity index (χ0v) is 11.1. The fourth-order valence-electron chi connectivity index (χ4n) is 1.57. The van der Waals surface area contributed by atoms with E-state index in [0.29, 0.717) is 13.1 Å². The SMILES string of the molecule is CCc1cccc(OCC(O)CNCC(C)O)c1. The number of rotatable bonds is 8. The lowest BCUT2D eigenvalue weighted by Gasteiger charge is -2.14. The molecule has 0 aliphatic heterocycles. The van der Waals surface area contributed by atoms with E-state index < -0.39 is 12.2 Å². The molecule has 2 atom stereocenters. The van der Waals surface area contributed by atoms with Gasteiger partial charge >= 0.3 is 0 Å². The first-order chi connectivity index (χ1) is 8.61. The number of hydrogen-bond donors (Lipinski definition) is 3. The molecule has 0 spiro atoms. The van der Waals surface area contributed by atoms with Crippen LogP contribution in [0.3, 0.4) is 0 Å². The van der Waals surface area contributed by atoms with Crippen molar-refractivity contribution in [1.82, 2.24) is 5.32 Å². The highest BCUT2D eigenvalue weighted by Gasteiger charge is 2.05. The summed E-state index contributed by atoms with van der Waals surface area (Å²) in [6, 6.07) is 7.87. The van der Waals surface area contributed by atoms with Gasteiger partial charge in [0.25, 0.3) is 0 Å². The average Bonchev–Trinajstić information content (AvgIpc) is 2.36. The number of aliphatic hydroxyl groups excluding tert-OH is 2. The van der Waals surface area contributed by atoms with E-state index in [1.165, 1.54) is 5.56 Å². The van der Waals surface area contributed by atoms with Gasteiger partial charge in [0.1, 0.15) is 18.5 Å². The number of aryl methyl sites for hydroxylation is 1. The van der Waals surface area contributed by atoms with E-state index in [9.17, 15) is 5.11 Å². The molecule has 0 aromatic heterocycles. The van der Waals surface area contributed by atoms with Gasteiger partial charge in [-0.2, -0.15) is 0 Å². The maximum atomic E-state index is 9.68. The van der Waals surface area contributed by atoms with E-state index in [2.05, 4.69) is 12.2 Å². The molecule has 1 aromatic carbocycles. The smallest absolute Gasteiger partial charge is 0.119 e. The second kappa shape index (κ2) is 8.08. The van der Waals surface area contributed by atoms with Gasteiger partial charge in [-0.15, -0.1) is 0 Å². The van der Waals surface area contributed by atoms with Gasteiger partial charge in [0.15, 0.2) is 0 Å². The number of benzene rings is 1. The fourth-order valence-corrected chi connectivity index (χ4v) is 1.57. The summed E-state index contributed by atoms with van der Waals surface area (Å²) in [6.45, 7) is 4.93. The molecule has 1 rings (SSSR count). The van der Waals surface area contributed by atoms with Gasteiger partial charge in [0, 0.05) is 13.1 Å². The standard InChI is InChI=1S/C14H23NO3/c1-3-12-5-4-6-14(7-12)18-10-13(17)9-15-8-11(2)16/h4-7,11,13,15-17H,3,8-10H2,1-2H3. The third-order valence-corrected chi connectivity index (χ3v) is 2.57. The average molecular weight is 253 g/mol. The minimum Gasteiger partial charge on any atom is -0.491 e. The molecule has 0 aliphatic carbocycles. The lowest BCUT2D eigenvalue weighted by Crippen LogP contribution is -2.35. The zero-order valence-electron chi connectivity index (χ0n) is 11.1. The topological polar surface area (TPSA) is 61.7 Å². The van der Waals surface area contributed by atoms with Gasteiger partial charge in [-0.3, -0.25) is 0 Å². The molecule has 2 unspecified atom stereocenters. The summed E-state index contributed by atoms with van der Waals surface area (Å²) in [6.07, 6.45) is -0.0104. The van der Waals surface area contributed by atoms with E-state index in [1.54, 1.807) is 6.92 Å². The minimum absolute atomic E-state index is 0.250. The van der Waals surface area contributed by atoms with Gasteiger partial charge < -0.3 is 20.3 Å². The Morgan fingerprint density at radius 3 is 2.72 bits per heavy atom. The van der Waals surface area contributed by atoms with Crippen molar-refractivity contribution in [3.63, 3.8) is 0 Å². The minimum atomic E-state index is -0.575. The molecular formula is C14H23NO3. The normalized spacial score (nSPS) is 14.2. The largest absolute Gasteiger partial charge is 0.491 e. The third kappa shape index (κ3) is 6.00. The molecule has 0 saturated heterocycles. The monoisotopic (exact) mass is 253 g/mol. The van der Waals surface area contributed by atoms with Crippen LogP contribution in [0.2, 0.25) is 0 Å². The van der Waals surface area contributed by atoms with Gasteiger partial charge in [-0.1, -0.05) is 19.1 Å². The maximum Gasteiger partial charge on any atom is 0.119 e. The first-order valence-corrected chi connectivity index (χ1v) is 6.40. The van der Waals surface area contributed by atoms with E-state index >= 15 is 0 Å². The Morgan fingerprint density at radius 2 is 2.06 bits per heavy atom. The summed E-state index contributed by atoms with van der Waals surface area (Å²) in [7, 11) is 0. The van der Waals surface area contributed by atoms with Crippen LogP contribution in [-0.2, 0) is 6.42 Å². The molecule has 0 fully saturated rings. The molecule has 0 bridgehead atoms. The molecule has 18 heavy (non-hydrogen) atoms. The van der Waals surface area contributed by atoms with Gasteiger partial charge in [-0.05, 0) is 31.0 Å². The molecule has 0 heterocycles. The number of hydrogen-bond acceptors (Lipinski definition) is 4. The summed E-state index contributed by atoms with van der Waals surface area (Å²) in [5, 5.41) is 21.7. The molecule has 102 valence electrons. The molecule has 3 N–H and O–H groups in total. The van der Waals surface area contributed by atoms with Crippen LogP contribution in [0.15, 0.2) is 24.3 Å². The Kier molecular flexibility index (Phi) is 6.72. The fraction of sp³-hybridized carbons (Fsp3) is 0.571. The van der Waals surface area contributed by atoms with Crippen molar-refractivity contribution in [3.05, 3.63) is 29.8 Å². The molecule has 0 saturated carbocycles. The molecule has 4 nitrogen and oxygen atoms in total. The van der Waals surface area contributed by atoms with Crippen LogP contribution < -0.4 is 10.1 Å². The Labute approximate surface area is 109 Å². The van der Waals surface area contributed by atoms with Crippen LogP contribution >= 0.6 is 0 Å². The van der Waals surface area contributed by atoms with Crippen molar-refractivity contribution >= 4 is 0 Å². The van der Waals surface area contributed by atoms with Crippen molar-refractivity contribution in [3.8, 4) is 5.75 Å². The number of nitrogens with one attached hydrogen (secondary N) is 1. The molecule has 0 radical (unpaired) electrons. The van der Waals surface area contributed by atoms with Crippen molar-refractivity contribution < 1.29 is 14.9 Å². The number of ether oxygens (including phenoxy) is 1. The summed E-state index contributed by atoms with van der Waals surface area (Å²) < 4.78 is 5.52. The first-order valence-electron chi connectivity index (χ1n) is 6.40. The second-order valence-corrected chi connectivity index (χ2v) is 4.47. The Balaban J connectivity index is 2.26. The van der Waals surface area contributed by atoms with Gasteiger partial charge in [0.2, 0.25) is 0 Å². The summed E-state index contributed by atoms with van der Waals surface area (Å²) in [5.74, 6) is 0.781. The summed E-state index contributed by atoms with van der Waals surface area (Å²) >= 11 is 0. The zero-order chi connectivity index (χ0) is 13.4. The highest BCUT2D eigenvalue weighted by molar-refractivity contribution is 5.28. The predicted octanol–water partition coefficient (Wildman–Crippen LogP) is 0.959. The Hall–Kier alpha value is -1.10. The molecular weight excluding hydrogens is 230 g/mol. The lowest BCUT2D eigenvalue weighted by atomic mass is 10.2. The predicted molar refractivity (Wildman–Crippen MR) is 71.9 cm³/mol. The summed E-state index contributed by atoms with van der Waals surface area (Å²) in [5.41, 5.74) is 1.22. The van der Waals surface area contributed by atoms with Crippen molar-refractivity contribution in [1.29, 1.82) is 0 Å². The van der Waals surface area contributed by atoms with E-state index in [0.717, 1.165) is 12.2 Å². The second-order valence-electron chi connectivity index (χ2n) is 4.47. The van der Waals surface area contributed by atoms with Crippen LogP contribution in [0.5, 0.6) is 5.75 Å². The Bertz CT molecular complexity index is 342. The van der Waals surface area contributed by atoms with Crippen LogP contribution in [0.25, 0.3) is 0 Å². The molecule has 1 aromatic rings. The van der Waals surface area contributed by atoms with Crippen LogP contribution in [0, 0.1) is 0 Å². The summed E-state index contributed by atoms with van der Waals surface area (Å²) in [4.78, 5) is 0. The molecule has 4 heteroatoms. The van der Waals surface area contributed by atoms with Crippen molar-refractivity contribution in [2.24, 2.45) is 0 Å². The molecule has 0 amide bonds. The quantitative estimate of drug-likeness (QED) is 0.646. The highest BCUT2D eigenvalue weighted by atomic mass is 16.5. The highest BCUT2D eigenvalue weighted by Crippen LogP contribution is 2.13. The van der Waals surface area contributed by atoms with Gasteiger partial charge in [-0.25, -0.2) is 0 Å². The lowest BCUT2D eigenvalue weighted by molar-refractivity contribution is 0.101. The first kappa shape index (κ1) is 15.0. The number of aliphatic hydroxyl groups is 2. The van der Waals surface area contributed by atoms with E-state index in [4.69, 9.17) is 9.84 Å². The maximum absolute atomic E-state index is 9.68. The molecule has 0 aliphatic rings. The van der Waals surface area contributed by atoms with Crippen LogP contribution in [-0.4, -0.2) is 42.1 Å². The van der Waals surface area contributed by atoms with Crippen LogP contribution in [0.1, 0.15) is 19.4 Å². The van der Waals surface area contributed by atoms with Crippen molar-refractivity contribution in [2.45, 2.75) is 32.5 Å². The van der Waals surface area contributed by atoms with Gasteiger partial charge in [0.05, 0.1) is 6.10 Å². The van der Waals surface area contributed by atoms with Crippen molar-refractivity contribution in [2.75, 3.05) is 19.7 Å².